The average Bonchev–Trinajstić information content (AvgIpc) is 3.08. The number of benzene rings is 2. The normalized spacial score (nSPS) is 21.1. The van der Waals surface area contributed by atoms with Gasteiger partial charge in [0.25, 0.3) is 0 Å². The first-order chi connectivity index (χ1) is 14.9. The molecule has 0 bridgehead atoms. The van der Waals surface area contributed by atoms with E-state index in [-0.39, 0.29) is 6.04 Å². The molecule has 7 heteroatoms. The fourth-order valence-corrected chi connectivity index (χ4v) is 6.28. The van der Waals surface area contributed by atoms with Crippen LogP contribution in [0, 0.1) is 13.8 Å². The van der Waals surface area contributed by atoms with Crippen LogP contribution >= 0.6 is 0 Å². The van der Waals surface area contributed by atoms with Crippen LogP contribution in [-0.4, -0.2) is 23.9 Å². The summed E-state index contributed by atoms with van der Waals surface area (Å²) in [5.41, 5.74) is 3.58. The first kappa shape index (κ1) is 21.6. The van der Waals surface area contributed by atoms with Crippen molar-refractivity contribution in [3.8, 4) is 5.75 Å². The molecule has 1 aromatic heterocycles. The van der Waals surface area contributed by atoms with Crippen molar-refractivity contribution in [2.24, 2.45) is 0 Å². The average molecular weight is 441 g/mol. The molecule has 0 amide bonds. The van der Waals surface area contributed by atoms with Gasteiger partial charge in [-0.05, 0) is 56.9 Å². The fraction of sp³-hybridized carbons (Fsp3) is 0.375. The van der Waals surface area contributed by atoms with E-state index < -0.39 is 15.3 Å². The zero-order valence-electron chi connectivity index (χ0n) is 18.1. The Bertz CT molecular complexity index is 1100. The molecule has 2 heterocycles. The molecule has 0 N–H and O–H groups in total. The van der Waals surface area contributed by atoms with Crippen LogP contribution in [0.2, 0.25) is 0 Å². The van der Waals surface area contributed by atoms with Crippen molar-refractivity contribution < 1.29 is 17.7 Å². The molecule has 1 fully saturated rings. The minimum Gasteiger partial charge on any atom is -0.489 e. The van der Waals surface area contributed by atoms with Crippen LogP contribution in [0.15, 0.2) is 59.1 Å². The van der Waals surface area contributed by atoms with Crippen LogP contribution in [0.4, 0.5) is 0 Å². The van der Waals surface area contributed by atoms with Gasteiger partial charge in [-0.15, -0.1) is 0 Å². The molecule has 3 aromatic rings. The maximum atomic E-state index is 13.4. The van der Waals surface area contributed by atoms with Crippen molar-refractivity contribution in [1.29, 1.82) is 0 Å². The summed E-state index contributed by atoms with van der Waals surface area (Å²) >= 11 is 0. The molecule has 2 atom stereocenters. The van der Waals surface area contributed by atoms with Crippen molar-refractivity contribution in [2.45, 2.75) is 58.1 Å². The Hall–Kier alpha value is -2.64. The molecule has 6 nitrogen and oxygen atoms in total. The number of nitrogens with zero attached hydrogens (tertiary/aromatic N) is 2. The van der Waals surface area contributed by atoms with Gasteiger partial charge in [0.15, 0.2) is 0 Å². The number of hydrogen-bond donors (Lipinski definition) is 0. The van der Waals surface area contributed by atoms with E-state index in [9.17, 15) is 8.42 Å². The molecule has 31 heavy (non-hydrogen) atoms. The summed E-state index contributed by atoms with van der Waals surface area (Å²) in [4.78, 5) is 0. The Balaban J connectivity index is 1.46. The molecule has 1 aliphatic rings. The lowest BCUT2D eigenvalue weighted by Crippen LogP contribution is -2.44. The molecule has 1 aliphatic heterocycles. The van der Waals surface area contributed by atoms with E-state index in [1.54, 1.807) is 4.31 Å². The molecule has 1 saturated heterocycles. The van der Waals surface area contributed by atoms with Gasteiger partial charge >= 0.3 is 0 Å². The molecule has 1 unspecified atom stereocenters. The van der Waals surface area contributed by atoms with Crippen LogP contribution in [-0.2, 0) is 23.2 Å². The minimum atomic E-state index is -3.44. The SMILES string of the molecule is Cc1noc(C)c1COc1ccc(CN2[C@@H](C)CCC(c3ccccc3)S2(=O)=O)cc1. The van der Waals surface area contributed by atoms with Crippen molar-refractivity contribution in [3.05, 3.63) is 82.7 Å². The summed E-state index contributed by atoms with van der Waals surface area (Å²) in [6, 6.07) is 17.1. The standard InChI is InChI=1S/C24H28N2O4S/c1-17-9-14-24(21-7-5-4-6-8-21)31(27,28)26(17)15-20-10-12-22(13-11-20)29-16-23-18(2)25-30-19(23)3/h4-8,10-13,17,24H,9,14-16H2,1-3H3/t17-,24?/m0/s1. The van der Waals surface area contributed by atoms with Gasteiger partial charge in [-0.3, -0.25) is 0 Å². The second kappa shape index (κ2) is 8.85. The monoisotopic (exact) mass is 440 g/mol. The van der Waals surface area contributed by atoms with E-state index in [0.717, 1.165) is 40.3 Å². The molecule has 0 aliphatic carbocycles. The van der Waals surface area contributed by atoms with Crippen molar-refractivity contribution in [1.82, 2.24) is 9.46 Å². The Morgan fingerprint density at radius 3 is 2.42 bits per heavy atom. The molecule has 4 rings (SSSR count). The van der Waals surface area contributed by atoms with Gasteiger partial charge in [0.2, 0.25) is 10.0 Å². The Morgan fingerprint density at radius 2 is 1.77 bits per heavy atom. The lowest BCUT2D eigenvalue weighted by atomic mass is 10.0. The first-order valence-electron chi connectivity index (χ1n) is 10.6. The van der Waals surface area contributed by atoms with Gasteiger partial charge in [-0.25, -0.2) is 8.42 Å². The minimum absolute atomic E-state index is 0.0274. The van der Waals surface area contributed by atoms with Crippen molar-refractivity contribution in [2.75, 3.05) is 0 Å². The first-order valence-corrected chi connectivity index (χ1v) is 12.1. The van der Waals surface area contributed by atoms with E-state index in [2.05, 4.69) is 5.16 Å². The zero-order chi connectivity index (χ0) is 22.0. The van der Waals surface area contributed by atoms with Gasteiger partial charge in [0, 0.05) is 12.6 Å². The number of hydrogen-bond acceptors (Lipinski definition) is 5. The van der Waals surface area contributed by atoms with Crippen molar-refractivity contribution in [3.63, 3.8) is 0 Å². The Kier molecular flexibility index (Phi) is 6.16. The summed E-state index contributed by atoms with van der Waals surface area (Å²) in [5.74, 6) is 1.48. The van der Waals surface area contributed by atoms with Gasteiger partial charge in [0.05, 0.1) is 11.3 Å². The maximum absolute atomic E-state index is 13.4. The third-order valence-corrected chi connectivity index (χ3v) is 8.39. The second-order valence-corrected chi connectivity index (χ2v) is 10.2. The van der Waals surface area contributed by atoms with E-state index in [0.29, 0.717) is 19.6 Å². The summed E-state index contributed by atoms with van der Waals surface area (Å²) < 4.78 is 39.4. The lowest BCUT2D eigenvalue weighted by Gasteiger charge is -2.37. The summed E-state index contributed by atoms with van der Waals surface area (Å²) in [5, 5.41) is 3.46. The topological polar surface area (TPSA) is 72.6 Å². The van der Waals surface area contributed by atoms with Crippen LogP contribution in [0.3, 0.4) is 0 Å². The number of ether oxygens (including phenoxy) is 1. The highest BCUT2D eigenvalue weighted by atomic mass is 32.2. The number of sulfonamides is 1. The van der Waals surface area contributed by atoms with E-state index >= 15 is 0 Å². The second-order valence-electron chi connectivity index (χ2n) is 8.15. The van der Waals surface area contributed by atoms with Crippen LogP contribution in [0.5, 0.6) is 5.75 Å². The summed E-state index contributed by atoms with van der Waals surface area (Å²) in [6.07, 6.45) is 1.50. The van der Waals surface area contributed by atoms with Gasteiger partial charge in [-0.1, -0.05) is 47.6 Å². The maximum Gasteiger partial charge on any atom is 0.221 e. The molecule has 164 valence electrons. The third-order valence-electron chi connectivity index (χ3n) is 6.02. The largest absolute Gasteiger partial charge is 0.489 e. The van der Waals surface area contributed by atoms with Gasteiger partial charge < -0.3 is 9.26 Å². The molecule has 0 radical (unpaired) electrons. The number of rotatable bonds is 6. The smallest absolute Gasteiger partial charge is 0.221 e. The number of aryl methyl sites for hydroxylation is 2. The highest BCUT2D eigenvalue weighted by Crippen LogP contribution is 2.38. The predicted molar refractivity (Wildman–Crippen MR) is 119 cm³/mol. The molecule has 0 spiro atoms. The number of aromatic nitrogens is 1. The highest BCUT2D eigenvalue weighted by molar-refractivity contribution is 7.89. The Morgan fingerprint density at radius 1 is 1.06 bits per heavy atom. The summed E-state index contributed by atoms with van der Waals surface area (Å²) in [6.45, 7) is 6.49. The Labute approximate surface area is 183 Å². The third kappa shape index (κ3) is 4.52. The van der Waals surface area contributed by atoms with Crippen LogP contribution in [0.1, 0.15) is 53.2 Å². The predicted octanol–water partition coefficient (Wildman–Crippen LogP) is 4.93. The van der Waals surface area contributed by atoms with Crippen LogP contribution in [0.25, 0.3) is 0 Å². The molecular weight excluding hydrogens is 412 g/mol. The molecule has 0 saturated carbocycles. The van der Waals surface area contributed by atoms with Crippen molar-refractivity contribution >= 4 is 10.0 Å². The van der Waals surface area contributed by atoms with Gasteiger partial charge in [0.1, 0.15) is 23.4 Å². The van der Waals surface area contributed by atoms with E-state index in [4.69, 9.17) is 9.26 Å². The molecular formula is C24H28N2O4S. The van der Waals surface area contributed by atoms with E-state index in [1.165, 1.54) is 0 Å². The highest BCUT2D eigenvalue weighted by Gasteiger charge is 2.40. The molecule has 2 aromatic carbocycles. The van der Waals surface area contributed by atoms with Crippen LogP contribution < -0.4 is 4.74 Å². The van der Waals surface area contributed by atoms with Gasteiger partial charge in [-0.2, -0.15) is 4.31 Å². The fourth-order valence-electron chi connectivity index (χ4n) is 4.09. The zero-order valence-corrected chi connectivity index (χ0v) is 18.9. The van der Waals surface area contributed by atoms with E-state index in [1.807, 2.05) is 75.4 Å². The quantitative estimate of drug-likeness (QED) is 0.544. The summed E-state index contributed by atoms with van der Waals surface area (Å²) in [7, 11) is -3.44. The lowest BCUT2D eigenvalue weighted by molar-refractivity contribution is 0.281.